The number of aryl methyl sites for hydroxylation is 1. The van der Waals surface area contributed by atoms with Gasteiger partial charge in [-0.3, -0.25) is 19.7 Å². The molecule has 4 heterocycles. The number of carbonyl (C=O) groups is 3. The smallest absolute Gasteiger partial charge is 0.259 e. The van der Waals surface area contributed by atoms with E-state index in [1.165, 1.54) is 12.8 Å². The monoisotopic (exact) mass is 614 g/mol. The number of fused-ring (bicyclic) bond motifs is 1. The topological polar surface area (TPSA) is 155 Å². The Kier molecular flexibility index (Phi) is 11.8. The molecule has 0 aliphatic carbocycles. The highest BCUT2D eigenvalue weighted by Crippen LogP contribution is 2.36. The van der Waals surface area contributed by atoms with Crippen LogP contribution in [0.4, 0.5) is 0 Å². The summed E-state index contributed by atoms with van der Waals surface area (Å²) in [6.45, 7) is 2.61. The third-order valence-corrected chi connectivity index (χ3v) is 7.09. The lowest BCUT2D eigenvalue weighted by Gasteiger charge is -2.06. The number of carbonyl (C=O) groups excluding carboxylic acids is 3. The Labute approximate surface area is 261 Å². The zero-order valence-electron chi connectivity index (χ0n) is 25.5. The molecular formula is C34H38N4O7. The highest BCUT2D eigenvalue weighted by atomic mass is 16.5. The Morgan fingerprint density at radius 3 is 2.31 bits per heavy atom. The van der Waals surface area contributed by atoms with Crippen LogP contribution in [-0.4, -0.2) is 66.4 Å². The molecule has 0 radical (unpaired) electrons. The van der Waals surface area contributed by atoms with Crippen molar-refractivity contribution in [3.63, 3.8) is 0 Å². The van der Waals surface area contributed by atoms with Crippen molar-refractivity contribution in [2.45, 2.75) is 32.2 Å². The van der Waals surface area contributed by atoms with E-state index in [0.717, 1.165) is 29.9 Å². The van der Waals surface area contributed by atoms with E-state index >= 15 is 0 Å². The number of aromatic nitrogens is 2. The fourth-order valence-corrected chi connectivity index (χ4v) is 4.99. The molecule has 0 atom stereocenters. The normalized spacial score (nSPS) is 13.9. The molecule has 45 heavy (non-hydrogen) atoms. The summed E-state index contributed by atoms with van der Waals surface area (Å²) in [6.07, 6.45) is 6.88. The molecule has 2 aliphatic rings. The number of pyridine rings is 1. The second kappa shape index (κ2) is 16.2. The lowest BCUT2D eigenvalue weighted by atomic mass is 9.96. The van der Waals surface area contributed by atoms with Crippen LogP contribution in [0.2, 0.25) is 0 Å². The minimum absolute atomic E-state index is 0.0541. The molecule has 4 N–H and O–H groups in total. The number of aliphatic hydroxyl groups is 1. The van der Waals surface area contributed by atoms with Gasteiger partial charge in [-0.25, -0.2) is 4.98 Å². The van der Waals surface area contributed by atoms with Crippen LogP contribution in [0.3, 0.4) is 0 Å². The van der Waals surface area contributed by atoms with Gasteiger partial charge in [-0.15, -0.1) is 0 Å². The summed E-state index contributed by atoms with van der Waals surface area (Å²) >= 11 is 0. The van der Waals surface area contributed by atoms with Crippen molar-refractivity contribution in [3.8, 4) is 11.5 Å². The minimum atomic E-state index is -0.437. The maximum absolute atomic E-state index is 12.7. The van der Waals surface area contributed by atoms with Gasteiger partial charge in [-0.2, -0.15) is 0 Å². The number of rotatable bonds is 9. The quantitative estimate of drug-likeness (QED) is 0.242. The predicted molar refractivity (Wildman–Crippen MR) is 170 cm³/mol. The Morgan fingerprint density at radius 2 is 1.67 bits per heavy atom. The second-order valence-electron chi connectivity index (χ2n) is 10.3. The van der Waals surface area contributed by atoms with Gasteiger partial charge in [-0.05, 0) is 66.8 Å². The van der Waals surface area contributed by atoms with Gasteiger partial charge < -0.3 is 29.6 Å². The molecule has 0 unspecified atom stereocenters. The highest BCUT2D eigenvalue weighted by Gasteiger charge is 2.34. The summed E-state index contributed by atoms with van der Waals surface area (Å²) in [6, 6.07) is 18.0. The second-order valence-corrected chi connectivity index (χ2v) is 10.3. The molecule has 1 fully saturated rings. The molecule has 1 saturated heterocycles. The SMILES string of the molecule is C1CCOC1.COc1cccc(C2=C(c3cn(CCCO)c4ncccc34)C(=O)NC2=O)c1.COc1cccc(CC(N)=O)c1. The van der Waals surface area contributed by atoms with Gasteiger partial charge in [0, 0.05) is 49.7 Å². The number of methoxy groups -OCH3 is 2. The zero-order valence-corrected chi connectivity index (χ0v) is 25.5. The van der Waals surface area contributed by atoms with E-state index in [4.69, 9.17) is 19.9 Å². The van der Waals surface area contributed by atoms with Gasteiger partial charge in [0.25, 0.3) is 11.8 Å². The average molecular weight is 615 g/mol. The Bertz CT molecular complexity index is 1670. The molecule has 0 spiro atoms. The maximum Gasteiger partial charge on any atom is 0.259 e. The molecule has 2 aliphatic heterocycles. The van der Waals surface area contributed by atoms with Crippen LogP contribution in [0.15, 0.2) is 73.1 Å². The molecule has 3 amide bonds. The van der Waals surface area contributed by atoms with Gasteiger partial charge in [0.1, 0.15) is 17.1 Å². The number of aliphatic hydroxyl groups excluding tert-OH is 1. The lowest BCUT2D eigenvalue weighted by molar-refractivity contribution is -0.123. The first-order valence-electron chi connectivity index (χ1n) is 14.6. The van der Waals surface area contributed by atoms with Crippen molar-refractivity contribution < 1.29 is 33.7 Å². The van der Waals surface area contributed by atoms with Gasteiger partial charge in [0.15, 0.2) is 0 Å². The number of hydrogen-bond acceptors (Lipinski definition) is 8. The number of primary amides is 1. The molecule has 11 nitrogen and oxygen atoms in total. The van der Waals surface area contributed by atoms with Crippen molar-refractivity contribution in [3.05, 3.63) is 89.7 Å². The number of nitrogens with zero attached hydrogens (tertiary/aromatic N) is 2. The summed E-state index contributed by atoms with van der Waals surface area (Å²) < 4.78 is 17.1. The molecule has 236 valence electrons. The van der Waals surface area contributed by atoms with E-state index in [1.54, 1.807) is 56.8 Å². The van der Waals surface area contributed by atoms with E-state index < -0.39 is 11.8 Å². The highest BCUT2D eigenvalue weighted by molar-refractivity contribution is 6.50. The van der Waals surface area contributed by atoms with Crippen LogP contribution in [0.5, 0.6) is 11.5 Å². The van der Waals surface area contributed by atoms with Gasteiger partial charge in [0.2, 0.25) is 5.91 Å². The lowest BCUT2D eigenvalue weighted by Crippen LogP contribution is -2.22. The van der Waals surface area contributed by atoms with Crippen LogP contribution < -0.4 is 20.5 Å². The van der Waals surface area contributed by atoms with Crippen molar-refractivity contribution in [2.24, 2.45) is 5.73 Å². The number of benzene rings is 2. The number of nitrogens with two attached hydrogens (primary N) is 1. The fraction of sp³-hybridized carbons (Fsp3) is 0.294. The van der Waals surface area contributed by atoms with E-state index in [-0.39, 0.29) is 18.9 Å². The molecule has 2 aromatic heterocycles. The average Bonchev–Trinajstić information content (AvgIpc) is 3.81. The third kappa shape index (κ3) is 8.55. The number of nitrogens with one attached hydrogen (secondary N) is 1. The summed E-state index contributed by atoms with van der Waals surface area (Å²) in [5, 5.41) is 12.4. The zero-order chi connectivity index (χ0) is 32.2. The predicted octanol–water partition coefficient (Wildman–Crippen LogP) is 3.51. The molecule has 6 rings (SSSR count). The first-order valence-corrected chi connectivity index (χ1v) is 14.6. The van der Waals surface area contributed by atoms with Crippen LogP contribution in [0, 0.1) is 0 Å². The van der Waals surface area contributed by atoms with Crippen molar-refractivity contribution in [2.75, 3.05) is 34.0 Å². The first kappa shape index (κ1) is 32.9. The summed E-state index contributed by atoms with van der Waals surface area (Å²) in [7, 11) is 3.14. The minimum Gasteiger partial charge on any atom is -0.497 e. The van der Waals surface area contributed by atoms with Crippen molar-refractivity contribution in [1.82, 2.24) is 14.9 Å². The van der Waals surface area contributed by atoms with Crippen molar-refractivity contribution >= 4 is 39.9 Å². The van der Waals surface area contributed by atoms with Crippen LogP contribution in [0.1, 0.15) is 36.0 Å². The Morgan fingerprint density at radius 1 is 0.978 bits per heavy atom. The molecular weight excluding hydrogens is 576 g/mol. The van der Waals surface area contributed by atoms with E-state index in [9.17, 15) is 19.5 Å². The first-order chi connectivity index (χ1) is 21.9. The summed E-state index contributed by atoms with van der Waals surface area (Å²) in [5.74, 6) is 0.141. The van der Waals surface area contributed by atoms with Crippen LogP contribution >= 0.6 is 0 Å². The van der Waals surface area contributed by atoms with Crippen LogP contribution in [0.25, 0.3) is 22.2 Å². The summed E-state index contributed by atoms with van der Waals surface area (Å²) in [4.78, 5) is 40.3. The third-order valence-electron chi connectivity index (χ3n) is 7.09. The molecule has 4 aromatic rings. The molecule has 0 saturated carbocycles. The molecule has 11 heteroatoms. The number of amides is 3. The number of hydrogen-bond donors (Lipinski definition) is 3. The van der Waals surface area contributed by atoms with Crippen molar-refractivity contribution in [1.29, 1.82) is 0 Å². The van der Waals surface area contributed by atoms with E-state index in [1.807, 2.05) is 35.0 Å². The maximum atomic E-state index is 12.7. The number of imide groups is 1. The van der Waals surface area contributed by atoms with E-state index in [0.29, 0.717) is 46.6 Å². The molecule has 0 bridgehead atoms. The van der Waals surface area contributed by atoms with Gasteiger partial charge >= 0.3 is 0 Å². The van der Waals surface area contributed by atoms with Crippen LogP contribution in [-0.2, 0) is 32.1 Å². The largest absolute Gasteiger partial charge is 0.497 e. The van der Waals surface area contributed by atoms with Gasteiger partial charge in [0.05, 0.1) is 31.8 Å². The molecule has 2 aromatic carbocycles. The standard InChI is InChI=1S/C21H19N3O4.C9H11NO2.C4H8O/c1-28-14-6-2-5-13(11-14)17-18(21(27)23-20(17)26)16-12-24(9-4-10-25)19-15(16)7-3-8-22-19;1-12-8-4-2-3-7(5-8)6-9(10)11;1-2-4-5-3-1/h2-3,5-8,11-12,25H,4,9-10H2,1H3,(H,23,26,27);2-5H,6H2,1H3,(H2,10,11);1-4H2. The van der Waals surface area contributed by atoms with Gasteiger partial charge in [-0.1, -0.05) is 24.3 Å². The number of ether oxygens (including phenoxy) is 3. The Balaban J connectivity index is 0.000000222. The summed E-state index contributed by atoms with van der Waals surface area (Å²) in [5.41, 5.74) is 8.50. The Hall–Kier alpha value is -5.00. The fourth-order valence-electron chi connectivity index (χ4n) is 4.99. The van der Waals surface area contributed by atoms with E-state index in [2.05, 4.69) is 10.3 Å².